The molecule has 6 nitrogen and oxygen atoms in total. The van der Waals surface area contributed by atoms with E-state index in [-0.39, 0.29) is 16.8 Å². The number of ether oxygens (including phenoxy) is 1. The Bertz CT molecular complexity index is 902. The summed E-state index contributed by atoms with van der Waals surface area (Å²) in [7, 11) is -1.63. The SMILES string of the molecule is COc1ccc([C@@H](CNC(=O)c2ccc(S(C)(=O)=O)cc2)N2CCCC2)cc1. The molecule has 0 bridgehead atoms. The van der Waals surface area contributed by atoms with Crippen LogP contribution >= 0.6 is 0 Å². The minimum Gasteiger partial charge on any atom is -0.497 e. The highest BCUT2D eigenvalue weighted by Crippen LogP contribution is 2.26. The molecule has 0 unspecified atom stereocenters. The molecular formula is C21H26N2O4S. The van der Waals surface area contributed by atoms with Gasteiger partial charge in [0.2, 0.25) is 0 Å². The van der Waals surface area contributed by atoms with Crippen LogP contribution in [-0.4, -0.2) is 52.2 Å². The second kappa shape index (κ2) is 8.75. The van der Waals surface area contributed by atoms with E-state index in [2.05, 4.69) is 10.2 Å². The molecule has 1 atom stereocenters. The van der Waals surface area contributed by atoms with Crippen molar-refractivity contribution in [3.8, 4) is 5.75 Å². The second-order valence-corrected chi connectivity index (χ2v) is 9.05. The fourth-order valence-electron chi connectivity index (χ4n) is 3.48. The number of hydrogen-bond acceptors (Lipinski definition) is 5. The van der Waals surface area contributed by atoms with Gasteiger partial charge in [-0.25, -0.2) is 8.42 Å². The summed E-state index contributed by atoms with van der Waals surface area (Å²) in [4.78, 5) is 15.1. The summed E-state index contributed by atoms with van der Waals surface area (Å²) < 4.78 is 28.4. The van der Waals surface area contributed by atoms with Crippen LogP contribution < -0.4 is 10.1 Å². The third kappa shape index (κ3) is 4.91. The van der Waals surface area contributed by atoms with E-state index in [9.17, 15) is 13.2 Å². The highest BCUT2D eigenvalue weighted by molar-refractivity contribution is 7.90. The number of benzene rings is 2. The lowest BCUT2D eigenvalue weighted by atomic mass is 10.0. The van der Waals surface area contributed by atoms with Crippen molar-refractivity contribution in [2.75, 3.05) is 33.0 Å². The van der Waals surface area contributed by atoms with E-state index in [0.29, 0.717) is 12.1 Å². The zero-order valence-electron chi connectivity index (χ0n) is 16.2. The zero-order valence-corrected chi connectivity index (χ0v) is 17.0. The number of sulfone groups is 1. The molecule has 1 aliphatic rings. The lowest BCUT2D eigenvalue weighted by molar-refractivity contribution is 0.0938. The van der Waals surface area contributed by atoms with Gasteiger partial charge in [-0.15, -0.1) is 0 Å². The number of methoxy groups -OCH3 is 1. The van der Waals surface area contributed by atoms with Crippen molar-refractivity contribution in [1.29, 1.82) is 0 Å². The number of likely N-dealkylation sites (tertiary alicyclic amines) is 1. The van der Waals surface area contributed by atoms with Crippen molar-refractivity contribution in [3.05, 3.63) is 59.7 Å². The number of hydrogen-bond donors (Lipinski definition) is 1. The van der Waals surface area contributed by atoms with E-state index in [0.717, 1.165) is 43.5 Å². The van der Waals surface area contributed by atoms with Crippen LogP contribution in [0.25, 0.3) is 0 Å². The number of rotatable bonds is 7. The first-order valence-corrected chi connectivity index (χ1v) is 11.2. The number of nitrogens with one attached hydrogen (secondary N) is 1. The van der Waals surface area contributed by atoms with Crippen LogP contribution in [-0.2, 0) is 9.84 Å². The lowest BCUT2D eigenvalue weighted by Gasteiger charge is -2.28. The first-order valence-electron chi connectivity index (χ1n) is 9.35. The number of carbonyl (C=O) groups excluding carboxylic acids is 1. The third-order valence-corrected chi connectivity index (χ3v) is 6.21. The average Bonchev–Trinajstić information content (AvgIpc) is 3.22. The molecule has 2 aromatic carbocycles. The maximum atomic E-state index is 12.6. The van der Waals surface area contributed by atoms with Gasteiger partial charge in [0.1, 0.15) is 5.75 Å². The molecule has 1 fully saturated rings. The molecule has 0 radical (unpaired) electrons. The Balaban J connectivity index is 1.71. The molecule has 7 heteroatoms. The van der Waals surface area contributed by atoms with Gasteiger partial charge in [-0.3, -0.25) is 9.69 Å². The Morgan fingerprint density at radius 2 is 1.68 bits per heavy atom. The maximum Gasteiger partial charge on any atom is 0.251 e. The molecular weight excluding hydrogens is 376 g/mol. The van der Waals surface area contributed by atoms with Gasteiger partial charge < -0.3 is 10.1 Å². The topological polar surface area (TPSA) is 75.7 Å². The van der Waals surface area contributed by atoms with Crippen LogP contribution in [0.1, 0.15) is 34.8 Å². The molecule has 28 heavy (non-hydrogen) atoms. The van der Waals surface area contributed by atoms with Gasteiger partial charge in [-0.1, -0.05) is 12.1 Å². The molecule has 2 aromatic rings. The molecule has 0 saturated carbocycles. The van der Waals surface area contributed by atoms with E-state index < -0.39 is 9.84 Å². The van der Waals surface area contributed by atoms with E-state index in [1.165, 1.54) is 12.1 Å². The second-order valence-electron chi connectivity index (χ2n) is 7.04. The first kappa shape index (κ1) is 20.4. The van der Waals surface area contributed by atoms with Gasteiger partial charge in [0.25, 0.3) is 5.91 Å². The van der Waals surface area contributed by atoms with Crippen LogP contribution in [0.3, 0.4) is 0 Å². The predicted octanol–water partition coefficient (Wildman–Crippen LogP) is 2.67. The molecule has 1 heterocycles. The maximum absolute atomic E-state index is 12.6. The summed E-state index contributed by atoms with van der Waals surface area (Å²) in [5.74, 6) is 0.594. The van der Waals surface area contributed by atoms with Gasteiger partial charge in [0, 0.05) is 18.4 Å². The Labute approximate surface area is 166 Å². The molecule has 3 rings (SSSR count). The minimum absolute atomic E-state index is 0.0904. The number of carbonyl (C=O) groups is 1. The van der Waals surface area contributed by atoms with Crippen molar-refractivity contribution >= 4 is 15.7 Å². The highest BCUT2D eigenvalue weighted by atomic mass is 32.2. The summed E-state index contributed by atoms with van der Waals surface area (Å²) in [6, 6.07) is 14.1. The zero-order chi connectivity index (χ0) is 20.1. The molecule has 1 saturated heterocycles. The van der Waals surface area contributed by atoms with E-state index in [4.69, 9.17) is 4.74 Å². The molecule has 1 amide bonds. The Kier molecular flexibility index (Phi) is 6.36. The standard InChI is InChI=1S/C21H26N2O4S/c1-27-18-9-5-16(6-10-18)20(23-13-3-4-14-23)15-22-21(24)17-7-11-19(12-8-17)28(2,25)26/h5-12,20H,3-4,13-15H2,1-2H3,(H,22,24)/t20-/m1/s1. The van der Waals surface area contributed by atoms with Crippen LogP contribution in [0, 0.1) is 0 Å². The first-order chi connectivity index (χ1) is 13.4. The van der Waals surface area contributed by atoms with E-state index in [1.54, 1.807) is 19.2 Å². The van der Waals surface area contributed by atoms with Crippen LogP contribution in [0.2, 0.25) is 0 Å². The van der Waals surface area contributed by atoms with Gasteiger partial charge in [0.15, 0.2) is 9.84 Å². The van der Waals surface area contributed by atoms with Gasteiger partial charge in [-0.05, 0) is 67.9 Å². The normalized spacial score (nSPS) is 15.9. The third-order valence-electron chi connectivity index (χ3n) is 5.08. The van der Waals surface area contributed by atoms with E-state index in [1.807, 2.05) is 24.3 Å². The van der Waals surface area contributed by atoms with Crippen LogP contribution in [0.4, 0.5) is 0 Å². The highest BCUT2D eigenvalue weighted by Gasteiger charge is 2.24. The summed E-state index contributed by atoms with van der Waals surface area (Å²) in [6.07, 6.45) is 3.47. The molecule has 0 aliphatic carbocycles. The average molecular weight is 403 g/mol. The molecule has 0 spiro atoms. The predicted molar refractivity (Wildman–Crippen MR) is 108 cm³/mol. The summed E-state index contributed by atoms with van der Waals surface area (Å²) >= 11 is 0. The minimum atomic E-state index is -3.27. The summed E-state index contributed by atoms with van der Waals surface area (Å²) in [5.41, 5.74) is 1.58. The Hall–Kier alpha value is -2.38. The molecule has 1 aliphatic heterocycles. The van der Waals surface area contributed by atoms with Crippen molar-refractivity contribution in [1.82, 2.24) is 10.2 Å². The smallest absolute Gasteiger partial charge is 0.251 e. The molecule has 1 N–H and O–H groups in total. The largest absolute Gasteiger partial charge is 0.497 e. The van der Waals surface area contributed by atoms with E-state index >= 15 is 0 Å². The molecule has 150 valence electrons. The van der Waals surface area contributed by atoms with Gasteiger partial charge in [-0.2, -0.15) is 0 Å². The number of amides is 1. The summed E-state index contributed by atoms with van der Waals surface area (Å²) in [5, 5.41) is 3.00. The van der Waals surface area contributed by atoms with Crippen LogP contribution in [0.15, 0.2) is 53.4 Å². The van der Waals surface area contributed by atoms with Crippen molar-refractivity contribution in [2.24, 2.45) is 0 Å². The lowest BCUT2D eigenvalue weighted by Crippen LogP contribution is -2.36. The fourth-order valence-corrected chi connectivity index (χ4v) is 4.11. The van der Waals surface area contributed by atoms with Crippen LogP contribution in [0.5, 0.6) is 5.75 Å². The van der Waals surface area contributed by atoms with Gasteiger partial charge in [0.05, 0.1) is 18.0 Å². The molecule has 0 aromatic heterocycles. The van der Waals surface area contributed by atoms with Crippen molar-refractivity contribution in [2.45, 2.75) is 23.8 Å². The fraction of sp³-hybridized carbons (Fsp3) is 0.381. The Morgan fingerprint density at radius 3 is 2.21 bits per heavy atom. The summed E-state index contributed by atoms with van der Waals surface area (Å²) in [6.45, 7) is 2.50. The number of nitrogens with zero attached hydrogens (tertiary/aromatic N) is 1. The van der Waals surface area contributed by atoms with Gasteiger partial charge >= 0.3 is 0 Å². The van der Waals surface area contributed by atoms with Crippen molar-refractivity contribution < 1.29 is 17.9 Å². The monoisotopic (exact) mass is 402 g/mol. The quantitative estimate of drug-likeness (QED) is 0.771. The Morgan fingerprint density at radius 1 is 1.07 bits per heavy atom. The van der Waals surface area contributed by atoms with Crippen molar-refractivity contribution in [3.63, 3.8) is 0 Å².